The van der Waals surface area contributed by atoms with Gasteiger partial charge in [-0.2, -0.15) is 0 Å². The fourth-order valence-electron chi connectivity index (χ4n) is 1.99. The molecule has 0 unspecified atom stereocenters. The Morgan fingerprint density at radius 2 is 2.14 bits per heavy atom. The van der Waals surface area contributed by atoms with Gasteiger partial charge in [0.2, 0.25) is 0 Å². The van der Waals surface area contributed by atoms with Crippen molar-refractivity contribution < 1.29 is 15.0 Å². The predicted octanol–water partition coefficient (Wildman–Crippen LogP) is 2.68. The van der Waals surface area contributed by atoms with Crippen LogP contribution in [-0.4, -0.2) is 35.0 Å². The van der Waals surface area contributed by atoms with Crippen molar-refractivity contribution in [3.8, 4) is 0 Å². The SMILES string of the molecule is CC[C@@](O)(CCCO)CNC(=O)Nc1c(C)cccc1Cl. The van der Waals surface area contributed by atoms with Gasteiger partial charge < -0.3 is 20.8 Å². The van der Waals surface area contributed by atoms with Gasteiger partial charge in [0.15, 0.2) is 0 Å². The number of nitrogens with one attached hydrogen (secondary N) is 2. The summed E-state index contributed by atoms with van der Waals surface area (Å²) in [6.45, 7) is 3.84. The highest BCUT2D eigenvalue weighted by atomic mass is 35.5. The van der Waals surface area contributed by atoms with Crippen LogP contribution < -0.4 is 10.6 Å². The zero-order valence-corrected chi connectivity index (χ0v) is 13.2. The van der Waals surface area contributed by atoms with Crippen molar-refractivity contribution in [2.24, 2.45) is 0 Å². The number of halogens is 1. The molecule has 1 aromatic rings. The molecule has 0 saturated heterocycles. The van der Waals surface area contributed by atoms with Crippen molar-refractivity contribution in [3.05, 3.63) is 28.8 Å². The Bertz CT molecular complexity index is 462. The molecule has 0 fully saturated rings. The van der Waals surface area contributed by atoms with E-state index >= 15 is 0 Å². The number of hydrogen-bond donors (Lipinski definition) is 4. The second-order valence-corrected chi connectivity index (χ2v) is 5.55. The summed E-state index contributed by atoms with van der Waals surface area (Å²) in [7, 11) is 0. The van der Waals surface area contributed by atoms with Crippen molar-refractivity contribution in [1.82, 2.24) is 5.32 Å². The van der Waals surface area contributed by atoms with E-state index in [2.05, 4.69) is 10.6 Å². The fourth-order valence-corrected chi connectivity index (χ4v) is 2.26. The molecule has 0 radical (unpaired) electrons. The Balaban J connectivity index is 2.57. The molecule has 0 aliphatic carbocycles. The summed E-state index contributed by atoms with van der Waals surface area (Å²) < 4.78 is 0. The van der Waals surface area contributed by atoms with E-state index in [1.807, 2.05) is 26.0 Å². The molecule has 118 valence electrons. The Kier molecular flexibility index (Phi) is 6.95. The molecular formula is C15H23ClN2O3. The number of aliphatic hydroxyl groups is 2. The molecule has 1 rings (SSSR count). The first kappa shape index (κ1) is 17.8. The third-order valence-corrected chi connectivity index (χ3v) is 3.81. The smallest absolute Gasteiger partial charge is 0.319 e. The van der Waals surface area contributed by atoms with Crippen LogP contribution >= 0.6 is 11.6 Å². The minimum absolute atomic E-state index is 0.0212. The third kappa shape index (κ3) is 5.53. The van der Waals surface area contributed by atoms with E-state index in [0.717, 1.165) is 5.56 Å². The van der Waals surface area contributed by atoms with Crippen LogP contribution in [0, 0.1) is 6.92 Å². The van der Waals surface area contributed by atoms with Gasteiger partial charge in [0.25, 0.3) is 0 Å². The fraction of sp³-hybridized carbons (Fsp3) is 0.533. The van der Waals surface area contributed by atoms with Gasteiger partial charge in [0.1, 0.15) is 0 Å². The molecule has 2 amide bonds. The Morgan fingerprint density at radius 3 is 2.71 bits per heavy atom. The first-order valence-electron chi connectivity index (χ1n) is 7.05. The Hall–Kier alpha value is -1.30. The number of para-hydroxylation sites is 1. The van der Waals surface area contributed by atoms with Gasteiger partial charge >= 0.3 is 6.03 Å². The third-order valence-electron chi connectivity index (χ3n) is 3.50. The van der Waals surface area contributed by atoms with Crippen LogP contribution in [0.1, 0.15) is 31.7 Å². The van der Waals surface area contributed by atoms with Gasteiger partial charge in [-0.05, 0) is 37.8 Å². The quantitative estimate of drug-likeness (QED) is 0.624. The lowest BCUT2D eigenvalue weighted by molar-refractivity contribution is 0.0243. The van der Waals surface area contributed by atoms with Crippen molar-refractivity contribution in [1.29, 1.82) is 0 Å². The standard InChI is InChI=1S/C15H23ClN2O3/c1-3-15(21,8-5-9-19)10-17-14(20)18-13-11(2)6-4-7-12(13)16/h4,6-7,19,21H,3,5,8-10H2,1-2H3,(H2,17,18,20)/t15-/m1/s1. The van der Waals surface area contributed by atoms with E-state index in [9.17, 15) is 9.90 Å². The summed E-state index contributed by atoms with van der Waals surface area (Å²) >= 11 is 6.04. The molecule has 1 atom stereocenters. The summed E-state index contributed by atoms with van der Waals surface area (Å²) in [5.41, 5.74) is 0.422. The number of urea groups is 1. The molecule has 1 aromatic carbocycles. The molecule has 5 nitrogen and oxygen atoms in total. The van der Waals surface area contributed by atoms with Crippen molar-refractivity contribution in [3.63, 3.8) is 0 Å². The lowest BCUT2D eigenvalue weighted by atomic mass is 9.95. The van der Waals surface area contributed by atoms with E-state index in [1.165, 1.54) is 0 Å². The molecule has 4 N–H and O–H groups in total. The van der Waals surface area contributed by atoms with E-state index in [0.29, 0.717) is 30.0 Å². The number of amides is 2. The van der Waals surface area contributed by atoms with Crippen LogP contribution in [0.15, 0.2) is 18.2 Å². The molecule has 6 heteroatoms. The van der Waals surface area contributed by atoms with Gasteiger partial charge in [-0.15, -0.1) is 0 Å². The highest BCUT2D eigenvalue weighted by Crippen LogP contribution is 2.25. The maximum absolute atomic E-state index is 11.9. The minimum atomic E-state index is -1.00. The topological polar surface area (TPSA) is 81.6 Å². The predicted molar refractivity (Wildman–Crippen MR) is 84.8 cm³/mol. The van der Waals surface area contributed by atoms with Crippen LogP contribution in [0.2, 0.25) is 5.02 Å². The summed E-state index contributed by atoms with van der Waals surface area (Å²) in [4.78, 5) is 11.9. The maximum Gasteiger partial charge on any atom is 0.319 e. The number of anilines is 1. The van der Waals surface area contributed by atoms with E-state index in [4.69, 9.17) is 16.7 Å². The van der Waals surface area contributed by atoms with Gasteiger partial charge in [0.05, 0.1) is 16.3 Å². The highest BCUT2D eigenvalue weighted by molar-refractivity contribution is 6.33. The molecule has 0 bridgehead atoms. The minimum Gasteiger partial charge on any atom is -0.396 e. The number of carbonyl (C=O) groups excluding carboxylic acids is 1. The summed E-state index contributed by atoms with van der Waals surface area (Å²) in [5.74, 6) is 0. The van der Waals surface area contributed by atoms with Crippen molar-refractivity contribution in [2.45, 2.75) is 38.7 Å². The molecule has 21 heavy (non-hydrogen) atoms. The highest BCUT2D eigenvalue weighted by Gasteiger charge is 2.24. The first-order chi connectivity index (χ1) is 9.91. The first-order valence-corrected chi connectivity index (χ1v) is 7.43. The lowest BCUT2D eigenvalue weighted by Crippen LogP contribution is -2.44. The number of aliphatic hydroxyl groups excluding tert-OH is 1. The van der Waals surface area contributed by atoms with Gasteiger partial charge in [-0.25, -0.2) is 4.79 Å². The van der Waals surface area contributed by atoms with Crippen molar-refractivity contribution in [2.75, 3.05) is 18.5 Å². The number of carbonyl (C=O) groups is 1. The largest absolute Gasteiger partial charge is 0.396 e. The van der Waals surface area contributed by atoms with Crippen LogP contribution in [0.3, 0.4) is 0 Å². The van der Waals surface area contributed by atoms with Crippen LogP contribution in [0.5, 0.6) is 0 Å². The second-order valence-electron chi connectivity index (χ2n) is 5.14. The van der Waals surface area contributed by atoms with Gasteiger partial charge in [-0.3, -0.25) is 0 Å². The zero-order chi connectivity index (χ0) is 15.9. The monoisotopic (exact) mass is 314 g/mol. The summed E-state index contributed by atoms with van der Waals surface area (Å²) in [5, 5.41) is 24.9. The normalized spacial score (nSPS) is 13.6. The van der Waals surface area contributed by atoms with E-state index in [1.54, 1.807) is 6.07 Å². The average molecular weight is 315 g/mol. The lowest BCUT2D eigenvalue weighted by Gasteiger charge is -2.27. The number of rotatable bonds is 7. The molecule has 0 aliphatic heterocycles. The van der Waals surface area contributed by atoms with Crippen LogP contribution in [0.4, 0.5) is 10.5 Å². The van der Waals surface area contributed by atoms with Gasteiger partial charge in [-0.1, -0.05) is 30.7 Å². The molecule has 0 heterocycles. The van der Waals surface area contributed by atoms with E-state index in [-0.39, 0.29) is 13.2 Å². The summed E-state index contributed by atoms with van der Waals surface area (Å²) in [6, 6.07) is 4.95. The van der Waals surface area contributed by atoms with Crippen LogP contribution in [-0.2, 0) is 0 Å². The Morgan fingerprint density at radius 1 is 1.43 bits per heavy atom. The molecular weight excluding hydrogens is 292 g/mol. The molecule has 0 spiro atoms. The summed E-state index contributed by atoms with van der Waals surface area (Å²) in [6.07, 6.45) is 1.43. The Labute approximate surface area is 130 Å². The molecule has 0 aliphatic rings. The van der Waals surface area contributed by atoms with Crippen molar-refractivity contribution >= 4 is 23.3 Å². The van der Waals surface area contributed by atoms with E-state index < -0.39 is 11.6 Å². The molecule has 0 aromatic heterocycles. The van der Waals surface area contributed by atoms with Gasteiger partial charge in [0, 0.05) is 13.2 Å². The number of hydrogen-bond acceptors (Lipinski definition) is 3. The zero-order valence-electron chi connectivity index (χ0n) is 12.4. The average Bonchev–Trinajstić information content (AvgIpc) is 2.47. The van der Waals surface area contributed by atoms with Crippen LogP contribution in [0.25, 0.3) is 0 Å². The molecule has 0 saturated carbocycles. The maximum atomic E-state index is 11.9. The second kappa shape index (κ2) is 8.22. The number of benzene rings is 1. The number of aryl methyl sites for hydroxylation is 1.